The third-order valence-electron chi connectivity index (χ3n) is 3.26. The highest BCUT2D eigenvalue weighted by atomic mass is 79.9. The van der Waals surface area contributed by atoms with Gasteiger partial charge in [0.25, 0.3) is 5.91 Å². The number of ether oxygens (including phenoxy) is 1. The third-order valence-corrected chi connectivity index (χ3v) is 3.76. The lowest BCUT2D eigenvalue weighted by molar-refractivity contribution is 0.0932. The van der Waals surface area contributed by atoms with Gasteiger partial charge in [-0.1, -0.05) is 22.0 Å². The number of H-pyrrole nitrogens is 1. The molecule has 1 unspecified atom stereocenters. The minimum Gasteiger partial charge on any atom is -0.489 e. The van der Waals surface area contributed by atoms with Crippen molar-refractivity contribution in [3.05, 3.63) is 52.5 Å². The van der Waals surface area contributed by atoms with Gasteiger partial charge in [0.1, 0.15) is 22.9 Å². The number of rotatable bonds is 5. The van der Waals surface area contributed by atoms with E-state index in [2.05, 4.69) is 36.7 Å². The van der Waals surface area contributed by atoms with Crippen molar-refractivity contribution in [1.29, 1.82) is 0 Å². The van der Waals surface area contributed by atoms with Crippen LogP contribution in [0.4, 0.5) is 0 Å². The second-order valence-electron chi connectivity index (χ2n) is 5.12. The van der Waals surface area contributed by atoms with Crippen LogP contribution in [0.25, 0.3) is 11.0 Å². The number of nitrogens with one attached hydrogen (secondary N) is 2. The summed E-state index contributed by atoms with van der Waals surface area (Å²) in [7, 11) is 0. The van der Waals surface area contributed by atoms with E-state index in [0.717, 1.165) is 15.7 Å². The number of aromatic nitrogens is 3. The molecule has 0 aliphatic heterocycles. The summed E-state index contributed by atoms with van der Waals surface area (Å²) in [5, 5.41) is 13.3. The number of carbonyl (C=O) groups excluding carboxylic acids is 1. The molecule has 6 nitrogen and oxygen atoms in total. The Balaban J connectivity index is 1.57. The highest BCUT2D eigenvalue weighted by molar-refractivity contribution is 9.10. The standard InChI is InChI=1S/C16H15BrN4O2/c1-10(23-13-4-2-3-12(17)8-13)9-18-16(22)11-5-6-14-15(7-11)20-21-19-14/h2-8,10H,9H2,1H3,(H,18,22)(H,19,20,21). The average molecular weight is 375 g/mol. The molecule has 23 heavy (non-hydrogen) atoms. The first-order chi connectivity index (χ1) is 11.1. The molecule has 1 aromatic heterocycles. The van der Waals surface area contributed by atoms with Gasteiger partial charge in [-0.15, -0.1) is 0 Å². The van der Waals surface area contributed by atoms with Crippen LogP contribution in [-0.2, 0) is 0 Å². The molecule has 118 valence electrons. The van der Waals surface area contributed by atoms with Gasteiger partial charge >= 0.3 is 0 Å². The van der Waals surface area contributed by atoms with Crippen LogP contribution in [0.3, 0.4) is 0 Å². The van der Waals surface area contributed by atoms with Gasteiger partial charge in [0.15, 0.2) is 0 Å². The fourth-order valence-corrected chi connectivity index (χ4v) is 2.51. The lowest BCUT2D eigenvalue weighted by Gasteiger charge is -2.15. The minimum absolute atomic E-state index is 0.149. The van der Waals surface area contributed by atoms with Crippen molar-refractivity contribution in [2.75, 3.05) is 6.54 Å². The van der Waals surface area contributed by atoms with E-state index in [9.17, 15) is 4.79 Å². The molecule has 1 heterocycles. The molecule has 1 amide bonds. The van der Waals surface area contributed by atoms with Gasteiger partial charge < -0.3 is 10.1 Å². The van der Waals surface area contributed by atoms with Gasteiger partial charge in [-0.25, -0.2) is 0 Å². The Morgan fingerprint density at radius 2 is 2.09 bits per heavy atom. The van der Waals surface area contributed by atoms with E-state index in [1.165, 1.54) is 0 Å². The van der Waals surface area contributed by atoms with E-state index >= 15 is 0 Å². The number of hydrogen-bond acceptors (Lipinski definition) is 4. The molecule has 0 fully saturated rings. The number of amides is 1. The summed E-state index contributed by atoms with van der Waals surface area (Å²) < 4.78 is 6.72. The number of hydrogen-bond donors (Lipinski definition) is 2. The summed E-state index contributed by atoms with van der Waals surface area (Å²) in [5.74, 6) is 0.588. The molecular weight excluding hydrogens is 360 g/mol. The quantitative estimate of drug-likeness (QED) is 0.719. The number of aromatic amines is 1. The van der Waals surface area contributed by atoms with E-state index in [4.69, 9.17) is 4.74 Å². The Hall–Kier alpha value is -2.41. The van der Waals surface area contributed by atoms with E-state index in [-0.39, 0.29) is 12.0 Å². The molecule has 7 heteroatoms. The largest absolute Gasteiger partial charge is 0.489 e. The molecule has 0 aliphatic carbocycles. The van der Waals surface area contributed by atoms with Crippen molar-refractivity contribution in [2.45, 2.75) is 13.0 Å². The average Bonchev–Trinajstić information content (AvgIpc) is 3.00. The first-order valence-corrected chi connectivity index (χ1v) is 7.92. The monoisotopic (exact) mass is 374 g/mol. The SMILES string of the molecule is CC(CNC(=O)c1ccc2n[nH]nc2c1)Oc1cccc(Br)c1. The van der Waals surface area contributed by atoms with E-state index in [1.807, 2.05) is 31.2 Å². The van der Waals surface area contributed by atoms with Crippen LogP contribution in [-0.4, -0.2) is 34.0 Å². The van der Waals surface area contributed by atoms with Crippen molar-refractivity contribution in [2.24, 2.45) is 0 Å². The van der Waals surface area contributed by atoms with Gasteiger partial charge in [0.2, 0.25) is 0 Å². The number of benzene rings is 2. The van der Waals surface area contributed by atoms with E-state index < -0.39 is 0 Å². The van der Waals surface area contributed by atoms with Crippen LogP contribution in [0.5, 0.6) is 5.75 Å². The maximum Gasteiger partial charge on any atom is 0.251 e. The Labute approximate surface area is 141 Å². The molecule has 3 aromatic rings. The van der Waals surface area contributed by atoms with Crippen molar-refractivity contribution >= 4 is 32.9 Å². The zero-order valence-electron chi connectivity index (χ0n) is 12.4. The smallest absolute Gasteiger partial charge is 0.251 e. The predicted molar refractivity (Wildman–Crippen MR) is 90.5 cm³/mol. The number of nitrogens with zero attached hydrogens (tertiary/aromatic N) is 2. The lowest BCUT2D eigenvalue weighted by atomic mass is 10.2. The molecule has 0 saturated carbocycles. The van der Waals surface area contributed by atoms with E-state index in [0.29, 0.717) is 17.6 Å². The summed E-state index contributed by atoms with van der Waals surface area (Å²) in [4.78, 5) is 12.2. The van der Waals surface area contributed by atoms with Gasteiger partial charge in [-0.2, -0.15) is 15.4 Å². The van der Waals surface area contributed by atoms with Crippen molar-refractivity contribution in [3.63, 3.8) is 0 Å². The van der Waals surface area contributed by atoms with Gasteiger partial charge in [-0.3, -0.25) is 4.79 Å². The fourth-order valence-electron chi connectivity index (χ4n) is 2.13. The Kier molecular flexibility index (Phi) is 4.57. The predicted octanol–water partition coefficient (Wildman–Crippen LogP) is 2.92. The molecule has 0 bridgehead atoms. The zero-order valence-corrected chi connectivity index (χ0v) is 14.0. The highest BCUT2D eigenvalue weighted by Gasteiger charge is 2.10. The lowest BCUT2D eigenvalue weighted by Crippen LogP contribution is -2.33. The second-order valence-corrected chi connectivity index (χ2v) is 6.04. The molecular formula is C16H15BrN4O2. The zero-order chi connectivity index (χ0) is 16.2. The maximum absolute atomic E-state index is 12.2. The molecule has 2 aromatic carbocycles. The van der Waals surface area contributed by atoms with Gasteiger partial charge in [0.05, 0.1) is 6.54 Å². The molecule has 0 saturated heterocycles. The molecule has 0 spiro atoms. The number of halogens is 1. The summed E-state index contributed by atoms with van der Waals surface area (Å²) in [5.41, 5.74) is 1.94. The fraction of sp³-hybridized carbons (Fsp3) is 0.188. The molecule has 0 radical (unpaired) electrons. The summed E-state index contributed by atoms with van der Waals surface area (Å²) in [6.07, 6.45) is -0.149. The maximum atomic E-state index is 12.2. The molecule has 3 rings (SSSR count). The minimum atomic E-state index is -0.167. The summed E-state index contributed by atoms with van der Waals surface area (Å²) in [6, 6.07) is 12.8. The van der Waals surface area contributed by atoms with Crippen molar-refractivity contribution in [3.8, 4) is 5.75 Å². The van der Waals surface area contributed by atoms with Crippen LogP contribution in [0.15, 0.2) is 46.9 Å². The molecule has 0 aliphatic rings. The van der Waals surface area contributed by atoms with Crippen molar-refractivity contribution < 1.29 is 9.53 Å². The van der Waals surface area contributed by atoms with Crippen LogP contribution in [0.2, 0.25) is 0 Å². The van der Waals surface area contributed by atoms with Crippen molar-refractivity contribution in [1.82, 2.24) is 20.7 Å². The summed E-state index contributed by atoms with van der Waals surface area (Å²) >= 11 is 3.40. The normalized spacial score (nSPS) is 12.1. The summed E-state index contributed by atoms with van der Waals surface area (Å²) in [6.45, 7) is 2.31. The molecule has 2 N–H and O–H groups in total. The van der Waals surface area contributed by atoms with Crippen LogP contribution in [0, 0.1) is 0 Å². The Morgan fingerprint density at radius 1 is 1.26 bits per heavy atom. The van der Waals surface area contributed by atoms with Gasteiger partial charge in [0, 0.05) is 10.0 Å². The Bertz CT molecular complexity index is 834. The van der Waals surface area contributed by atoms with Crippen LogP contribution in [0.1, 0.15) is 17.3 Å². The molecule has 1 atom stereocenters. The third kappa shape index (κ3) is 3.87. The van der Waals surface area contributed by atoms with Gasteiger partial charge in [-0.05, 0) is 43.3 Å². The first-order valence-electron chi connectivity index (χ1n) is 7.13. The number of carbonyl (C=O) groups is 1. The second kappa shape index (κ2) is 6.78. The number of fused-ring (bicyclic) bond motifs is 1. The first kappa shape index (κ1) is 15.5. The van der Waals surface area contributed by atoms with E-state index in [1.54, 1.807) is 18.2 Å². The van der Waals surface area contributed by atoms with Crippen LogP contribution < -0.4 is 10.1 Å². The van der Waals surface area contributed by atoms with Crippen LogP contribution >= 0.6 is 15.9 Å². The Morgan fingerprint density at radius 3 is 2.91 bits per heavy atom. The highest BCUT2D eigenvalue weighted by Crippen LogP contribution is 2.18. The topological polar surface area (TPSA) is 79.9 Å².